The summed E-state index contributed by atoms with van der Waals surface area (Å²) in [7, 11) is 1.25. The van der Waals surface area contributed by atoms with Gasteiger partial charge in [-0.2, -0.15) is 0 Å². The molecule has 2 N–H and O–H groups in total. The summed E-state index contributed by atoms with van der Waals surface area (Å²) in [6.07, 6.45) is -0.343. The number of nitrogens with one attached hydrogen (secondary N) is 1. The Morgan fingerprint density at radius 3 is 2.76 bits per heavy atom. The molecule has 1 aliphatic heterocycles. The lowest BCUT2D eigenvalue weighted by Crippen LogP contribution is -2.51. The number of β-amino-alcohol motifs (C(OH)–C–C–N with tert-alkyl or cyclic N) is 1. The van der Waals surface area contributed by atoms with Crippen LogP contribution in [0.4, 0.5) is 0 Å². The van der Waals surface area contributed by atoms with Gasteiger partial charge in [-0.3, -0.25) is 9.59 Å². The predicted octanol–water partition coefficient (Wildman–Crippen LogP) is 0.631. The monoisotopic (exact) mass is 412 g/mol. The van der Waals surface area contributed by atoms with E-state index in [0.29, 0.717) is 0 Å². The Kier molecular flexibility index (Phi) is 6.55. The molecule has 136 valence electrons. The van der Waals surface area contributed by atoms with Crippen LogP contribution in [0.15, 0.2) is 28.7 Å². The molecule has 0 aromatic heterocycles. The van der Waals surface area contributed by atoms with E-state index in [9.17, 15) is 19.5 Å². The number of hydrogen-bond donors (Lipinski definition) is 2. The van der Waals surface area contributed by atoms with Crippen molar-refractivity contribution in [2.75, 3.05) is 13.7 Å². The number of rotatable bonds is 5. The van der Waals surface area contributed by atoms with E-state index in [1.54, 1.807) is 0 Å². The average molecular weight is 413 g/mol. The Morgan fingerprint density at radius 1 is 1.44 bits per heavy atom. The number of carbonyl (C=O) groups is 3. The van der Waals surface area contributed by atoms with Crippen molar-refractivity contribution in [2.45, 2.75) is 38.0 Å². The molecule has 25 heavy (non-hydrogen) atoms. The van der Waals surface area contributed by atoms with Gasteiger partial charge in [0.1, 0.15) is 12.1 Å². The molecule has 8 heteroatoms. The Labute approximate surface area is 154 Å². The molecule has 2 amide bonds. The fourth-order valence-electron chi connectivity index (χ4n) is 2.91. The first-order valence-corrected chi connectivity index (χ1v) is 8.69. The van der Waals surface area contributed by atoms with Gasteiger partial charge in [0.2, 0.25) is 11.8 Å². The number of methoxy groups -OCH3 is 1. The summed E-state index contributed by atoms with van der Waals surface area (Å²) in [5.74, 6) is -1.34. The number of benzene rings is 1. The molecule has 0 spiro atoms. The van der Waals surface area contributed by atoms with E-state index in [1.807, 2.05) is 24.3 Å². The van der Waals surface area contributed by atoms with Gasteiger partial charge < -0.3 is 20.1 Å². The highest BCUT2D eigenvalue weighted by Crippen LogP contribution is 2.19. The molecule has 1 aromatic rings. The average Bonchev–Trinajstić information content (AvgIpc) is 2.96. The smallest absolute Gasteiger partial charge is 0.328 e. The highest BCUT2D eigenvalue weighted by atomic mass is 79.9. The van der Waals surface area contributed by atoms with Crippen LogP contribution in [0.25, 0.3) is 0 Å². The van der Waals surface area contributed by atoms with Gasteiger partial charge in [-0.15, -0.1) is 0 Å². The highest BCUT2D eigenvalue weighted by Gasteiger charge is 2.38. The van der Waals surface area contributed by atoms with E-state index < -0.39 is 30.1 Å². The fourth-order valence-corrected chi connectivity index (χ4v) is 3.36. The lowest BCUT2D eigenvalue weighted by Gasteiger charge is -2.24. The van der Waals surface area contributed by atoms with Crippen LogP contribution in [0.1, 0.15) is 18.9 Å². The minimum Gasteiger partial charge on any atom is -0.467 e. The number of carbonyl (C=O) groups excluding carboxylic acids is 3. The van der Waals surface area contributed by atoms with E-state index in [4.69, 9.17) is 4.74 Å². The molecule has 1 aromatic carbocycles. The maximum Gasteiger partial charge on any atom is 0.328 e. The Balaban J connectivity index is 2.12. The largest absolute Gasteiger partial charge is 0.467 e. The first-order valence-electron chi connectivity index (χ1n) is 7.89. The summed E-state index contributed by atoms with van der Waals surface area (Å²) in [6.45, 7) is 1.46. The maximum absolute atomic E-state index is 12.6. The zero-order valence-corrected chi connectivity index (χ0v) is 15.7. The van der Waals surface area contributed by atoms with Crippen LogP contribution in [0.2, 0.25) is 0 Å². The van der Waals surface area contributed by atoms with Crippen molar-refractivity contribution in [2.24, 2.45) is 0 Å². The first kappa shape index (κ1) is 19.4. The standard InChI is InChI=1S/C17H21BrN2O5/c1-10(21)20-9-13(22)8-15(20)16(23)19-14(17(24)25-2)7-11-4-3-5-12(18)6-11/h3-6,13-15,22H,7-9H2,1-2H3,(H,19,23)/t13-,14-,15+/m1/s1. The number of amides is 2. The summed E-state index contributed by atoms with van der Waals surface area (Å²) in [6, 6.07) is 5.72. The van der Waals surface area contributed by atoms with E-state index in [2.05, 4.69) is 21.2 Å². The van der Waals surface area contributed by atoms with Crippen molar-refractivity contribution in [3.8, 4) is 0 Å². The summed E-state index contributed by atoms with van der Waals surface area (Å²) in [5.41, 5.74) is 0.847. The zero-order valence-electron chi connectivity index (χ0n) is 14.1. The number of nitrogens with zero attached hydrogens (tertiary/aromatic N) is 1. The molecular formula is C17H21BrN2O5. The van der Waals surface area contributed by atoms with Crippen LogP contribution in [0, 0.1) is 0 Å². The lowest BCUT2D eigenvalue weighted by molar-refractivity contribution is -0.146. The number of aliphatic hydroxyl groups is 1. The van der Waals surface area contributed by atoms with E-state index >= 15 is 0 Å². The molecule has 0 aliphatic carbocycles. The van der Waals surface area contributed by atoms with Gasteiger partial charge in [0.25, 0.3) is 0 Å². The second-order valence-corrected chi connectivity index (χ2v) is 6.91. The first-order chi connectivity index (χ1) is 11.8. The molecule has 3 atom stereocenters. The highest BCUT2D eigenvalue weighted by molar-refractivity contribution is 9.10. The van der Waals surface area contributed by atoms with Crippen LogP contribution in [0.5, 0.6) is 0 Å². The Bertz CT molecular complexity index is 666. The van der Waals surface area contributed by atoms with Crippen LogP contribution < -0.4 is 5.32 Å². The van der Waals surface area contributed by atoms with E-state index in [-0.39, 0.29) is 25.3 Å². The van der Waals surface area contributed by atoms with Crippen LogP contribution in [-0.2, 0) is 25.5 Å². The molecular weight excluding hydrogens is 392 g/mol. The molecule has 0 unspecified atom stereocenters. The third-order valence-corrected chi connectivity index (χ3v) is 4.61. The van der Waals surface area contributed by atoms with Crippen LogP contribution in [-0.4, -0.2) is 59.6 Å². The molecule has 0 radical (unpaired) electrons. The normalized spacial score (nSPS) is 20.9. The third kappa shape index (κ3) is 5.02. The minimum absolute atomic E-state index is 0.113. The number of aliphatic hydroxyl groups excluding tert-OH is 1. The van der Waals surface area contributed by atoms with Gasteiger partial charge in [0, 0.05) is 30.8 Å². The van der Waals surface area contributed by atoms with Crippen molar-refractivity contribution < 1.29 is 24.2 Å². The van der Waals surface area contributed by atoms with Crippen molar-refractivity contribution in [1.82, 2.24) is 10.2 Å². The van der Waals surface area contributed by atoms with Gasteiger partial charge in [0.05, 0.1) is 13.2 Å². The van der Waals surface area contributed by atoms with Gasteiger partial charge in [0.15, 0.2) is 0 Å². The number of ether oxygens (including phenoxy) is 1. The van der Waals surface area contributed by atoms with Gasteiger partial charge in [-0.25, -0.2) is 4.79 Å². The van der Waals surface area contributed by atoms with Gasteiger partial charge in [-0.05, 0) is 17.7 Å². The van der Waals surface area contributed by atoms with Crippen LogP contribution in [0.3, 0.4) is 0 Å². The summed E-state index contributed by atoms with van der Waals surface area (Å²) >= 11 is 3.37. The van der Waals surface area contributed by atoms with E-state index in [1.165, 1.54) is 18.9 Å². The SMILES string of the molecule is COC(=O)[C@@H](Cc1cccc(Br)c1)NC(=O)[C@@H]1C[C@@H](O)CN1C(C)=O. The van der Waals surface area contributed by atoms with Crippen LogP contribution >= 0.6 is 15.9 Å². The fraction of sp³-hybridized carbons (Fsp3) is 0.471. The summed E-state index contributed by atoms with van der Waals surface area (Å²) in [4.78, 5) is 37.6. The van der Waals surface area contributed by atoms with Crippen molar-refractivity contribution in [1.29, 1.82) is 0 Å². The number of likely N-dealkylation sites (tertiary alicyclic amines) is 1. The number of esters is 1. The topological polar surface area (TPSA) is 95.9 Å². The van der Waals surface area contributed by atoms with Gasteiger partial charge >= 0.3 is 5.97 Å². The third-order valence-electron chi connectivity index (χ3n) is 4.12. The summed E-state index contributed by atoms with van der Waals surface area (Å²) in [5, 5.41) is 12.4. The molecule has 1 fully saturated rings. The zero-order chi connectivity index (χ0) is 18.6. The van der Waals surface area contributed by atoms with E-state index in [0.717, 1.165) is 10.0 Å². The van der Waals surface area contributed by atoms with Gasteiger partial charge in [-0.1, -0.05) is 28.1 Å². The second kappa shape index (κ2) is 8.44. The molecule has 1 heterocycles. The van der Waals surface area contributed by atoms with Crippen molar-refractivity contribution in [3.63, 3.8) is 0 Å². The second-order valence-electron chi connectivity index (χ2n) is 6.00. The molecule has 1 saturated heterocycles. The van der Waals surface area contributed by atoms with Crippen molar-refractivity contribution >= 4 is 33.7 Å². The molecule has 1 aliphatic rings. The maximum atomic E-state index is 12.6. The molecule has 7 nitrogen and oxygen atoms in total. The number of hydrogen-bond acceptors (Lipinski definition) is 5. The minimum atomic E-state index is -0.877. The lowest BCUT2D eigenvalue weighted by atomic mass is 10.1. The predicted molar refractivity (Wildman–Crippen MR) is 93.6 cm³/mol. The van der Waals surface area contributed by atoms with Crippen molar-refractivity contribution in [3.05, 3.63) is 34.3 Å². The Morgan fingerprint density at radius 2 is 2.16 bits per heavy atom. The molecule has 0 saturated carbocycles. The molecule has 2 rings (SSSR count). The number of halogens is 1. The quantitative estimate of drug-likeness (QED) is 0.691. The molecule has 0 bridgehead atoms. The summed E-state index contributed by atoms with van der Waals surface area (Å²) < 4.78 is 5.64. The Hall–Kier alpha value is -1.93.